The first-order valence-corrected chi connectivity index (χ1v) is 6.51. The van der Waals surface area contributed by atoms with Crippen LogP contribution in [-0.2, 0) is 6.42 Å². The van der Waals surface area contributed by atoms with E-state index in [-0.39, 0.29) is 0 Å². The Morgan fingerprint density at radius 1 is 1.31 bits per heavy atom. The number of piperidine rings is 1. The van der Waals surface area contributed by atoms with Gasteiger partial charge in [-0.2, -0.15) is 0 Å². The molecule has 1 unspecified atom stereocenters. The van der Waals surface area contributed by atoms with E-state index in [9.17, 15) is 0 Å². The van der Waals surface area contributed by atoms with Gasteiger partial charge < -0.3 is 5.32 Å². The Bertz CT molecular complexity index is 367. The van der Waals surface area contributed by atoms with Crippen molar-refractivity contribution in [3.63, 3.8) is 0 Å². The van der Waals surface area contributed by atoms with E-state index in [1.54, 1.807) is 0 Å². The van der Waals surface area contributed by atoms with Crippen molar-refractivity contribution in [3.05, 3.63) is 33.8 Å². The van der Waals surface area contributed by atoms with E-state index in [0.717, 1.165) is 23.9 Å². The van der Waals surface area contributed by atoms with Gasteiger partial charge in [0.15, 0.2) is 0 Å². The molecule has 1 aliphatic heterocycles. The second-order valence-corrected chi connectivity index (χ2v) is 5.29. The van der Waals surface area contributed by atoms with Crippen molar-refractivity contribution < 1.29 is 0 Å². The molecule has 0 amide bonds. The summed E-state index contributed by atoms with van der Waals surface area (Å²) in [4.78, 5) is 0. The second kappa shape index (κ2) is 5.20. The van der Waals surface area contributed by atoms with Crippen molar-refractivity contribution in [3.8, 4) is 0 Å². The maximum atomic E-state index is 6.40. The van der Waals surface area contributed by atoms with Gasteiger partial charge in [-0.15, -0.1) is 0 Å². The Hall–Kier alpha value is -0.530. The van der Waals surface area contributed by atoms with Gasteiger partial charge >= 0.3 is 0 Å². The maximum Gasteiger partial charge on any atom is 0.0469 e. The minimum atomic E-state index is 0.756. The predicted octanol–water partition coefficient (Wildman–Crippen LogP) is 3.50. The molecule has 88 valence electrons. The Labute approximate surface area is 103 Å². The molecule has 1 fully saturated rings. The summed E-state index contributed by atoms with van der Waals surface area (Å²) in [6, 6.07) is 4.30. The topological polar surface area (TPSA) is 12.0 Å². The van der Waals surface area contributed by atoms with Gasteiger partial charge in [0.2, 0.25) is 0 Å². The number of halogens is 1. The molecule has 0 aliphatic carbocycles. The molecule has 1 aromatic rings. The fraction of sp³-hybridized carbons (Fsp3) is 0.571. The smallest absolute Gasteiger partial charge is 0.0469 e. The molecule has 0 radical (unpaired) electrons. The average Bonchev–Trinajstić information content (AvgIpc) is 2.31. The van der Waals surface area contributed by atoms with Crippen LogP contribution >= 0.6 is 11.6 Å². The van der Waals surface area contributed by atoms with E-state index in [1.165, 1.54) is 36.1 Å². The van der Waals surface area contributed by atoms with Gasteiger partial charge in [-0.25, -0.2) is 0 Å². The molecule has 0 bridgehead atoms. The molecule has 1 saturated heterocycles. The quantitative estimate of drug-likeness (QED) is 0.830. The van der Waals surface area contributed by atoms with Crippen LogP contribution in [0, 0.1) is 19.8 Å². The van der Waals surface area contributed by atoms with E-state index >= 15 is 0 Å². The van der Waals surface area contributed by atoms with Crippen LogP contribution in [0.3, 0.4) is 0 Å². The number of aryl methyl sites for hydroxylation is 2. The molecule has 2 heteroatoms. The first kappa shape index (κ1) is 11.9. The zero-order valence-corrected chi connectivity index (χ0v) is 10.9. The molecule has 2 rings (SSSR count). The van der Waals surface area contributed by atoms with E-state index < -0.39 is 0 Å². The molecule has 0 aromatic heterocycles. The minimum absolute atomic E-state index is 0.756. The summed E-state index contributed by atoms with van der Waals surface area (Å²) in [6.07, 6.45) is 3.75. The van der Waals surface area contributed by atoms with Crippen molar-refractivity contribution in [2.24, 2.45) is 5.92 Å². The number of nitrogens with one attached hydrogen (secondary N) is 1. The summed E-state index contributed by atoms with van der Waals surface area (Å²) in [5, 5.41) is 4.44. The first-order valence-electron chi connectivity index (χ1n) is 6.14. The summed E-state index contributed by atoms with van der Waals surface area (Å²) in [5.74, 6) is 0.756. The van der Waals surface area contributed by atoms with E-state index in [2.05, 4.69) is 31.3 Å². The minimum Gasteiger partial charge on any atom is -0.316 e. The number of benzene rings is 1. The van der Waals surface area contributed by atoms with Crippen LogP contribution in [0.25, 0.3) is 0 Å². The van der Waals surface area contributed by atoms with Crippen LogP contribution in [0.15, 0.2) is 12.1 Å². The fourth-order valence-electron chi connectivity index (χ4n) is 2.47. The Kier molecular flexibility index (Phi) is 3.88. The molecule has 1 aliphatic rings. The molecule has 0 spiro atoms. The van der Waals surface area contributed by atoms with Gasteiger partial charge in [0.05, 0.1) is 0 Å². The summed E-state index contributed by atoms with van der Waals surface area (Å²) >= 11 is 6.40. The standard InChI is InChI=1S/C14H20ClN/c1-10-5-6-11(2)14(15)13(10)8-12-4-3-7-16-9-12/h5-6,12,16H,3-4,7-9H2,1-2H3. The third-order valence-corrected chi connectivity index (χ3v) is 4.09. The summed E-state index contributed by atoms with van der Waals surface area (Å²) in [6.45, 7) is 6.57. The number of hydrogen-bond donors (Lipinski definition) is 1. The highest BCUT2D eigenvalue weighted by Crippen LogP contribution is 2.28. The van der Waals surface area contributed by atoms with Gasteiger partial charge in [0, 0.05) is 5.02 Å². The van der Waals surface area contributed by atoms with Crippen molar-refractivity contribution in [2.45, 2.75) is 33.1 Å². The molecule has 1 nitrogen and oxygen atoms in total. The van der Waals surface area contributed by atoms with Crippen LogP contribution < -0.4 is 5.32 Å². The van der Waals surface area contributed by atoms with E-state index in [4.69, 9.17) is 11.6 Å². The molecule has 0 saturated carbocycles. The molecular weight excluding hydrogens is 218 g/mol. The first-order chi connectivity index (χ1) is 7.68. The lowest BCUT2D eigenvalue weighted by Crippen LogP contribution is -2.31. The largest absolute Gasteiger partial charge is 0.316 e. The predicted molar refractivity (Wildman–Crippen MR) is 70.2 cm³/mol. The van der Waals surface area contributed by atoms with Gasteiger partial charge in [-0.3, -0.25) is 0 Å². The van der Waals surface area contributed by atoms with E-state index in [1.807, 2.05) is 0 Å². The highest BCUT2D eigenvalue weighted by atomic mass is 35.5. The lowest BCUT2D eigenvalue weighted by atomic mass is 9.90. The average molecular weight is 238 g/mol. The molecule has 1 aromatic carbocycles. The molecular formula is C14H20ClN. The van der Waals surface area contributed by atoms with Crippen LogP contribution in [0.5, 0.6) is 0 Å². The third-order valence-electron chi connectivity index (χ3n) is 3.56. The van der Waals surface area contributed by atoms with Gasteiger partial charge in [-0.1, -0.05) is 23.7 Å². The molecule has 1 atom stereocenters. The van der Waals surface area contributed by atoms with Gasteiger partial charge in [0.25, 0.3) is 0 Å². The molecule has 1 N–H and O–H groups in total. The number of hydrogen-bond acceptors (Lipinski definition) is 1. The third kappa shape index (κ3) is 2.58. The SMILES string of the molecule is Cc1ccc(C)c(CC2CCCNC2)c1Cl. The van der Waals surface area contributed by atoms with Crippen molar-refractivity contribution in [2.75, 3.05) is 13.1 Å². The Balaban J connectivity index is 2.16. The zero-order valence-electron chi connectivity index (χ0n) is 10.1. The lowest BCUT2D eigenvalue weighted by molar-refractivity contribution is 0.375. The zero-order chi connectivity index (χ0) is 11.5. The van der Waals surface area contributed by atoms with Crippen LogP contribution in [0.1, 0.15) is 29.5 Å². The van der Waals surface area contributed by atoms with Crippen LogP contribution in [0.2, 0.25) is 5.02 Å². The Morgan fingerprint density at radius 3 is 2.75 bits per heavy atom. The molecule has 1 heterocycles. The monoisotopic (exact) mass is 237 g/mol. The van der Waals surface area contributed by atoms with Crippen LogP contribution in [-0.4, -0.2) is 13.1 Å². The van der Waals surface area contributed by atoms with Gasteiger partial charge in [0.1, 0.15) is 0 Å². The summed E-state index contributed by atoms with van der Waals surface area (Å²) in [7, 11) is 0. The number of rotatable bonds is 2. The summed E-state index contributed by atoms with van der Waals surface area (Å²) in [5.41, 5.74) is 3.89. The summed E-state index contributed by atoms with van der Waals surface area (Å²) < 4.78 is 0. The van der Waals surface area contributed by atoms with Crippen LogP contribution in [0.4, 0.5) is 0 Å². The lowest BCUT2D eigenvalue weighted by Gasteiger charge is -2.24. The van der Waals surface area contributed by atoms with Gasteiger partial charge in [-0.05, 0) is 68.8 Å². The van der Waals surface area contributed by atoms with E-state index in [0.29, 0.717) is 0 Å². The van der Waals surface area contributed by atoms with Crippen molar-refractivity contribution in [1.29, 1.82) is 0 Å². The molecule has 16 heavy (non-hydrogen) atoms. The highest BCUT2D eigenvalue weighted by Gasteiger charge is 2.16. The highest BCUT2D eigenvalue weighted by molar-refractivity contribution is 6.32. The Morgan fingerprint density at radius 2 is 2.06 bits per heavy atom. The maximum absolute atomic E-state index is 6.40. The van der Waals surface area contributed by atoms with Crippen molar-refractivity contribution in [1.82, 2.24) is 5.32 Å². The normalized spacial score (nSPS) is 21.1. The second-order valence-electron chi connectivity index (χ2n) is 4.91. The fourth-order valence-corrected chi connectivity index (χ4v) is 2.76. The van der Waals surface area contributed by atoms with Crippen molar-refractivity contribution >= 4 is 11.6 Å².